The third kappa shape index (κ3) is 2.93. The summed E-state index contributed by atoms with van der Waals surface area (Å²) in [7, 11) is 0. The SMILES string of the molecule is C[C@]12CC[C@@H]3c4ccc(OC(=O)C5CCCCC5)cc4CC[C@H]3[C@@H]1CCC2=O. The van der Waals surface area contributed by atoms with Crippen molar-refractivity contribution in [1.29, 1.82) is 0 Å². The number of fused-ring (bicyclic) bond motifs is 5. The van der Waals surface area contributed by atoms with Gasteiger partial charge in [-0.25, -0.2) is 0 Å². The van der Waals surface area contributed by atoms with Crippen LogP contribution in [0.5, 0.6) is 5.75 Å². The summed E-state index contributed by atoms with van der Waals surface area (Å²) in [5.74, 6) is 3.08. The molecule has 5 rings (SSSR count). The average Bonchev–Trinajstić information content (AvgIpc) is 3.03. The van der Waals surface area contributed by atoms with E-state index in [0.29, 0.717) is 23.5 Å². The number of aryl methyl sites for hydroxylation is 1. The molecule has 3 fully saturated rings. The van der Waals surface area contributed by atoms with Crippen LogP contribution in [-0.2, 0) is 16.0 Å². The molecule has 4 aliphatic rings. The number of esters is 1. The van der Waals surface area contributed by atoms with Crippen LogP contribution in [0.3, 0.4) is 0 Å². The summed E-state index contributed by atoms with van der Waals surface area (Å²) in [6.07, 6.45) is 11.8. The Kier molecular flexibility index (Phi) is 4.60. The van der Waals surface area contributed by atoms with E-state index in [2.05, 4.69) is 19.1 Å². The molecule has 0 saturated heterocycles. The predicted molar refractivity (Wildman–Crippen MR) is 108 cm³/mol. The molecular formula is C25H32O3. The van der Waals surface area contributed by atoms with Crippen molar-refractivity contribution in [3.63, 3.8) is 0 Å². The Bertz CT molecular complexity index is 791. The third-order valence-electron chi connectivity index (χ3n) is 8.56. The van der Waals surface area contributed by atoms with Crippen LogP contribution in [0.2, 0.25) is 0 Å². The van der Waals surface area contributed by atoms with Gasteiger partial charge in [0.1, 0.15) is 11.5 Å². The summed E-state index contributed by atoms with van der Waals surface area (Å²) in [6.45, 7) is 2.23. The fraction of sp³-hybridized carbons (Fsp3) is 0.680. The van der Waals surface area contributed by atoms with Gasteiger partial charge in [-0.3, -0.25) is 9.59 Å². The molecule has 0 amide bonds. The lowest BCUT2D eigenvalue weighted by atomic mass is 9.55. The number of benzene rings is 1. The zero-order valence-electron chi connectivity index (χ0n) is 17.0. The van der Waals surface area contributed by atoms with E-state index in [1.54, 1.807) is 0 Å². The minimum atomic E-state index is -0.0614. The van der Waals surface area contributed by atoms with Crippen LogP contribution in [0.15, 0.2) is 18.2 Å². The van der Waals surface area contributed by atoms with Gasteiger partial charge < -0.3 is 4.74 Å². The average molecular weight is 381 g/mol. The van der Waals surface area contributed by atoms with Crippen LogP contribution in [0.1, 0.15) is 88.2 Å². The highest BCUT2D eigenvalue weighted by Gasteiger charge is 2.54. The van der Waals surface area contributed by atoms with Crippen LogP contribution >= 0.6 is 0 Å². The van der Waals surface area contributed by atoms with Gasteiger partial charge >= 0.3 is 5.97 Å². The van der Waals surface area contributed by atoms with Crippen LogP contribution in [0, 0.1) is 23.2 Å². The smallest absolute Gasteiger partial charge is 0.314 e. The summed E-state index contributed by atoms with van der Waals surface area (Å²) < 4.78 is 5.77. The molecule has 0 radical (unpaired) electrons. The Labute approximate surface area is 168 Å². The van der Waals surface area contributed by atoms with E-state index < -0.39 is 0 Å². The quantitative estimate of drug-likeness (QED) is 0.496. The van der Waals surface area contributed by atoms with Crippen molar-refractivity contribution < 1.29 is 14.3 Å². The zero-order chi connectivity index (χ0) is 19.3. The molecule has 1 aromatic carbocycles. The summed E-state index contributed by atoms with van der Waals surface area (Å²) in [5.41, 5.74) is 2.76. The van der Waals surface area contributed by atoms with Crippen molar-refractivity contribution in [2.75, 3.05) is 0 Å². The lowest BCUT2D eigenvalue weighted by Crippen LogP contribution is -2.42. The minimum absolute atomic E-state index is 0.0359. The molecule has 3 nitrogen and oxygen atoms in total. The van der Waals surface area contributed by atoms with E-state index in [1.807, 2.05) is 6.07 Å². The molecule has 0 unspecified atom stereocenters. The normalized spacial score (nSPS) is 35.0. The lowest BCUT2D eigenvalue weighted by molar-refractivity contribution is -0.140. The number of hydrogen-bond donors (Lipinski definition) is 0. The lowest BCUT2D eigenvalue weighted by Gasteiger charge is -2.48. The summed E-state index contributed by atoms with van der Waals surface area (Å²) >= 11 is 0. The first kappa shape index (κ1) is 18.4. The standard InChI is InChI=1S/C25H32O3/c1-25-14-13-20-19-10-8-18(28-24(27)16-5-3-2-4-6-16)15-17(19)7-9-21(20)22(25)11-12-23(25)26/h8,10,15-16,20-22H,2-7,9,11-14H2,1H3/t20-,21-,22+,25+/m1/s1. The largest absolute Gasteiger partial charge is 0.426 e. The van der Waals surface area contributed by atoms with E-state index in [0.717, 1.165) is 63.5 Å². The molecule has 4 atom stereocenters. The highest BCUT2D eigenvalue weighted by molar-refractivity contribution is 5.87. The van der Waals surface area contributed by atoms with Crippen molar-refractivity contribution >= 4 is 11.8 Å². The topological polar surface area (TPSA) is 43.4 Å². The van der Waals surface area contributed by atoms with Gasteiger partial charge in [0.2, 0.25) is 0 Å². The van der Waals surface area contributed by atoms with E-state index in [9.17, 15) is 9.59 Å². The number of ether oxygens (including phenoxy) is 1. The number of hydrogen-bond acceptors (Lipinski definition) is 3. The van der Waals surface area contributed by atoms with E-state index >= 15 is 0 Å². The maximum atomic E-state index is 12.5. The highest BCUT2D eigenvalue weighted by Crippen LogP contribution is 2.59. The van der Waals surface area contributed by atoms with E-state index in [4.69, 9.17) is 4.74 Å². The zero-order valence-corrected chi connectivity index (χ0v) is 17.0. The molecule has 0 heterocycles. The van der Waals surface area contributed by atoms with Gasteiger partial charge in [0, 0.05) is 11.8 Å². The molecule has 4 aliphatic carbocycles. The molecule has 0 aromatic heterocycles. The Morgan fingerprint density at radius 3 is 2.68 bits per heavy atom. The second-order valence-corrected chi connectivity index (χ2v) is 9.95. The first-order valence-corrected chi connectivity index (χ1v) is 11.4. The van der Waals surface area contributed by atoms with Crippen molar-refractivity contribution in [2.45, 2.75) is 83.5 Å². The fourth-order valence-corrected chi connectivity index (χ4v) is 6.93. The fourth-order valence-electron chi connectivity index (χ4n) is 6.93. The molecule has 0 bridgehead atoms. The molecule has 0 aliphatic heterocycles. The molecule has 3 heteroatoms. The number of carbonyl (C=O) groups is 2. The Morgan fingerprint density at radius 2 is 1.86 bits per heavy atom. The molecule has 0 spiro atoms. The molecule has 150 valence electrons. The summed E-state index contributed by atoms with van der Waals surface area (Å²) in [5, 5.41) is 0. The molecule has 3 saturated carbocycles. The van der Waals surface area contributed by atoms with Crippen LogP contribution in [-0.4, -0.2) is 11.8 Å². The maximum Gasteiger partial charge on any atom is 0.314 e. The molecule has 1 aromatic rings. The van der Waals surface area contributed by atoms with Crippen LogP contribution < -0.4 is 4.74 Å². The summed E-state index contributed by atoms with van der Waals surface area (Å²) in [4.78, 5) is 25.0. The molecule has 0 N–H and O–H groups in total. The molecule has 28 heavy (non-hydrogen) atoms. The molecular weight excluding hydrogens is 348 g/mol. The Balaban J connectivity index is 1.33. The van der Waals surface area contributed by atoms with Crippen molar-refractivity contribution in [2.24, 2.45) is 23.2 Å². The van der Waals surface area contributed by atoms with Gasteiger partial charge in [-0.15, -0.1) is 0 Å². The van der Waals surface area contributed by atoms with Gasteiger partial charge in [-0.2, -0.15) is 0 Å². The van der Waals surface area contributed by atoms with Crippen molar-refractivity contribution in [1.82, 2.24) is 0 Å². The second-order valence-electron chi connectivity index (χ2n) is 9.95. The second kappa shape index (κ2) is 7.00. The number of rotatable bonds is 2. The van der Waals surface area contributed by atoms with Crippen molar-refractivity contribution in [3.8, 4) is 5.75 Å². The number of ketones is 1. The van der Waals surface area contributed by atoms with E-state index in [1.165, 1.54) is 24.0 Å². The first-order valence-electron chi connectivity index (χ1n) is 11.4. The Hall–Kier alpha value is -1.64. The first-order chi connectivity index (χ1) is 13.6. The van der Waals surface area contributed by atoms with E-state index in [-0.39, 0.29) is 17.3 Å². The van der Waals surface area contributed by atoms with Gasteiger partial charge in [0.15, 0.2) is 0 Å². The van der Waals surface area contributed by atoms with Gasteiger partial charge in [-0.1, -0.05) is 32.3 Å². The highest BCUT2D eigenvalue weighted by atomic mass is 16.5. The van der Waals surface area contributed by atoms with Gasteiger partial charge in [0.05, 0.1) is 5.92 Å². The minimum Gasteiger partial charge on any atom is -0.426 e. The van der Waals surface area contributed by atoms with Crippen LogP contribution in [0.4, 0.5) is 0 Å². The van der Waals surface area contributed by atoms with Gasteiger partial charge in [-0.05, 0) is 86.0 Å². The monoisotopic (exact) mass is 380 g/mol. The van der Waals surface area contributed by atoms with Crippen LogP contribution in [0.25, 0.3) is 0 Å². The summed E-state index contributed by atoms with van der Waals surface area (Å²) in [6, 6.07) is 6.35. The number of Topliss-reactive ketones (excluding diaryl/α,β-unsaturated/α-hetero) is 1. The number of carbonyl (C=O) groups excluding carboxylic acids is 2. The van der Waals surface area contributed by atoms with Crippen molar-refractivity contribution in [3.05, 3.63) is 29.3 Å². The predicted octanol–water partition coefficient (Wildman–Crippen LogP) is 5.60. The maximum absolute atomic E-state index is 12.5. The van der Waals surface area contributed by atoms with Gasteiger partial charge in [0.25, 0.3) is 0 Å². The third-order valence-corrected chi connectivity index (χ3v) is 8.56. The Morgan fingerprint density at radius 1 is 1.04 bits per heavy atom.